The second kappa shape index (κ2) is 5.90. The summed E-state index contributed by atoms with van der Waals surface area (Å²) in [5.41, 5.74) is 11.6. The minimum atomic E-state index is 0.241. The third-order valence-corrected chi connectivity index (χ3v) is 4.40. The van der Waals surface area contributed by atoms with Gasteiger partial charge >= 0.3 is 0 Å². The highest BCUT2D eigenvalue weighted by Crippen LogP contribution is 2.30. The highest BCUT2D eigenvalue weighted by atomic mass is 15.2. The summed E-state index contributed by atoms with van der Waals surface area (Å²) in [6, 6.07) is 17.9. The Morgan fingerprint density at radius 1 is 0.952 bits per heavy atom. The van der Waals surface area contributed by atoms with Crippen LogP contribution in [-0.2, 0) is 0 Å². The van der Waals surface area contributed by atoms with E-state index in [2.05, 4.69) is 67.3 Å². The molecule has 0 spiro atoms. The van der Waals surface area contributed by atoms with Gasteiger partial charge in [-0.2, -0.15) is 0 Å². The van der Waals surface area contributed by atoms with Crippen molar-refractivity contribution in [2.24, 2.45) is 5.73 Å². The van der Waals surface area contributed by atoms with E-state index in [4.69, 9.17) is 5.73 Å². The fourth-order valence-corrected chi connectivity index (χ4v) is 3.25. The second-order valence-corrected chi connectivity index (χ2v) is 6.35. The summed E-state index contributed by atoms with van der Waals surface area (Å²) in [6.45, 7) is 6.28. The summed E-state index contributed by atoms with van der Waals surface area (Å²) < 4.78 is 0. The number of benzene rings is 2. The van der Waals surface area contributed by atoms with Crippen LogP contribution in [0.1, 0.15) is 29.0 Å². The van der Waals surface area contributed by atoms with Crippen LogP contribution in [0.3, 0.4) is 0 Å². The number of hydrogen-bond donors (Lipinski definition) is 1. The van der Waals surface area contributed by atoms with Crippen LogP contribution in [0.25, 0.3) is 0 Å². The lowest BCUT2D eigenvalue weighted by Crippen LogP contribution is -2.46. The van der Waals surface area contributed by atoms with Gasteiger partial charge in [-0.1, -0.05) is 42.0 Å². The van der Waals surface area contributed by atoms with E-state index in [0.29, 0.717) is 5.92 Å². The quantitative estimate of drug-likeness (QED) is 0.910. The molecule has 0 bridgehead atoms. The van der Waals surface area contributed by atoms with Gasteiger partial charge in [0, 0.05) is 30.7 Å². The molecule has 0 amide bonds. The van der Waals surface area contributed by atoms with Crippen LogP contribution in [0.4, 0.5) is 5.69 Å². The van der Waals surface area contributed by atoms with Crippen molar-refractivity contribution in [3.05, 3.63) is 65.2 Å². The van der Waals surface area contributed by atoms with E-state index < -0.39 is 0 Å². The Morgan fingerprint density at radius 2 is 1.71 bits per heavy atom. The van der Waals surface area contributed by atoms with Crippen molar-refractivity contribution in [3.63, 3.8) is 0 Å². The average Bonchev–Trinajstić information content (AvgIpc) is 2.47. The van der Waals surface area contributed by atoms with Gasteiger partial charge in [0.15, 0.2) is 0 Å². The van der Waals surface area contributed by atoms with Gasteiger partial charge < -0.3 is 10.6 Å². The summed E-state index contributed by atoms with van der Waals surface area (Å²) in [7, 11) is 0. The Hall–Kier alpha value is -1.80. The molecule has 21 heavy (non-hydrogen) atoms. The Bertz CT molecular complexity index is 603. The van der Waals surface area contributed by atoms with Gasteiger partial charge in [0.2, 0.25) is 0 Å². The maximum absolute atomic E-state index is 6.32. The predicted molar refractivity (Wildman–Crippen MR) is 89.9 cm³/mol. The molecule has 1 aliphatic heterocycles. The molecule has 1 heterocycles. The number of hydrogen-bond acceptors (Lipinski definition) is 2. The molecule has 0 radical (unpaired) electrons. The average molecular weight is 280 g/mol. The second-order valence-electron chi connectivity index (χ2n) is 6.35. The number of aryl methyl sites for hydroxylation is 2. The summed E-state index contributed by atoms with van der Waals surface area (Å²) in [5, 5.41) is 0. The first-order chi connectivity index (χ1) is 10.1. The van der Waals surface area contributed by atoms with E-state index >= 15 is 0 Å². The third kappa shape index (κ3) is 3.27. The zero-order chi connectivity index (χ0) is 14.8. The van der Waals surface area contributed by atoms with Crippen LogP contribution in [-0.4, -0.2) is 19.1 Å². The van der Waals surface area contributed by atoms with Crippen LogP contribution in [0.2, 0.25) is 0 Å². The first kappa shape index (κ1) is 14.2. The summed E-state index contributed by atoms with van der Waals surface area (Å²) in [4.78, 5) is 2.44. The molecular formula is C19H24N2. The molecule has 2 aromatic carbocycles. The Morgan fingerprint density at radius 3 is 2.43 bits per heavy atom. The number of rotatable bonds is 2. The molecule has 2 nitrogen and oxygen atoms in total. The molecule has 0 aromatic heterocycles. The van der Waals surface area contributed by atoms with E-state index in [-0.39, 0.29) is 6.04 Å². The normalized spacial score (nSPS) is 22.3. The number of nitrogens with zero attached hydrogens (tertiary/aromatic N) is 1. The van der Waals surface area contributed by atoms with Crippen LogP contribution in [0, 0.1) is 13.8 Å². The first-order valence-corrected chi connectivity index (χ1v) is 7.75. The van der Waals surface area contributed by atoms with Gasteiger partial charge in [0.25, 0.3) is 0 Å². The minimum absolute atomic E-state index is 0.241. The van der Waals surface area contributed by atoms with Crippen molar-refractivity contribution in [2.45, 2.75) is 32.2 Å². The number of anilines is 1. The maximum atomic E-state index is 6.32. The molecule has 2 unspecified atom stereocenters. The third-order valence-electron chi connectivity index (χ3n) is 4.40. The van der Waals surface area contributed by atoms with Gasteiger partial charge in [-0.05, 0) is 43.5 Å². The van der Waals surface area contributed by atoms with Crippen LogP contribution in [0.5, 0.6) is 0 Å². The standard InChI is InChI=1S/C19H24N2/c1-14-6-8-16(9-7-14)17-11-18(20)13-21(12-17)19-5-3-4-15(2)10-19/h3-10,17-18H,11-13,20H2,1-2H3. The topological polar surface area (TPSA) is 29.3 Å². The van der Waals surface area contributed by atoms with E-state index in [1.165, 1.54) is 22.4 Å². The Labute approximate surface area is 127 Å². The van der Waals surface area contributed by atoms with Crippen molar-refractivity contribution >= 4 is 5.69 Å². The minimum Gasteiger partial charge on any atom is -0.369 e. The van der Waals surface area contributed by atoms with Gasteiger partial charge in [-0.3, -0.25) is 0 Å². The monoisotopic (exact) mass is 280 g/mol. The van der Waals surface area contributed by atoms with Gasteiger partial charge in [-0.15, -0.1) is 0 Å². The van der Waals surface area contributed by atoms with E-state index in [1.54, 1.807) is 0 Å². The summed E-state index contributed by atoms with van der Waals surface area (Å²) in [6.07, 6.45) is 1.07. The molecule has 1 aliphatic rings. The highest BCUT2D eigenvalue weighted by Gasteiger charge is 2.26. The summed E-state index contributed by atoms with van der Waals surface area (Å²) in [5.74, 6) is 0.523. The molecule has 0 saturated carbocycles. The summed E-state index contributed by atoms with van der Waals surface area (Å²) >= 11 is 0. The maximum Gasteiger partial charge on any atom is 0.0369 e. The number of piperidine rings is 1. The lowest BCUT2D eigenvalue weighted by atomic mass is 9.87. The van der Waals surface area contributed by atoms with Gasteiger partial charge in [0.1, 0.15) is 0 Å². The van der Waals surface area contributed by atoms with Crippen LogP contribution >= 0.6 is 0 Å². The van der Waals surface area contributed by atoms with E-state index in [0.717, 1.165) is 19.5 Å². The van der Waals surface area contributed by atoms with Crippen molar-refractivity contribution in [1.82, 2.24) is 0 Å². The highest BCUT2D eigenvalue weighted by molar-refractivity contribution is 5.50. The van der Waals surface area contributed by atoms with Crippen molar-refractivity contribution < 1.29 is 0 Å². The smallest absolute Gasteiger partial charge is 0.0369 e. The molecule has 110 valence electrons. The van der Waals surface area contributed by atoms with Crippen molar-refractivity contribution in [3.8, 4) is 0 Å². The largest absolute Gasteiger partial charge is 0.369 e. The lowest BCUT2D eigenvalue weighted by molar-refractivity contribution is 0.454. The zero-order valence-corrected chi connectivity index (χ0v) is 12.9. The molecule has 3 rings (SSSR count). The van der Waals surface area contributed by atoms with Crippen LogP contribution < -0.4 is 10.6 Å². The van der Waals surface area contributed by atoms with Crippen LogP contribution in [0.15, 0.2) is 48.5 Å². The molecule has 2 N–H and O–H groups in total. The van der Waals surface area contributed by atoms with Crippen molar-refractivity contribution in [1.29, 1.82) is 0 Å². The molecule has 2 heteroatoms. The predicted octanol–water partition coefficient (Wildman–Crippen LogP) is 3.62. The Balaban J connectivity index is 1.83. The number of nitrogens with two attached hydrogens (primary N) is 1. The molecule has 0 aliphatic carbocycles. The fourth-order valence-electron chi connectivity index (χ4n) is 3.25. The lowest BCUT2D eigenvalue weighted by Gasteiger charge is -2.38. The van der Waals surface area contributed by atoms with Gasteiger partial charge in [-0.25, -0.2) is 0 Å². The zero-order valence-electron chi connectivity index (χ0n) is 12.9. The first-order valence-electron chi connectivity index (χ1n) is 7.75. The van der Waals surface area contributed by atoms with Crippen molar-refractivity contribution in [2.75, 3.05) is 18.0 Å². The molecule has 1 fully saturated rings. The molecule has 1 saturated heterocycles. The van der Waals surface area contributed by atoms with E-state index in [9.17, 15) is 0 Å². The van der Waals surface area contributed by atoms with E-state index in [1.807, 2.05) is 0 Å². The molecular weight excluding hydrogens is 256 g/mol. The van der Waals surface area contributed by atoms with Gasteiger partial charge in [0.05, 0.1) is 0 Å². The fraction of sp³-hybridized carbons (Fsp3) is 0.368. The molecule has 2 aromatic rings. The SMILES string of the molecule is Cc1ccc(C2CC(N)CN(c3cccc(C)c3)C2)cc1. The molecule has 2 atom stereocenters. The Kier molecular flexibility index (Phi) is 3.98.